The van der Waals surface area contributed by atoms with E-state index >= 15 is 0 Å². The van der Waals surface area contributed by atoms with Crippen LogP contribution in [0, 0.1) is 0 Å². The molecule has 0 saturated carbocycles. The molecular formula is C51H93NO8P+. The van der Waals surface area contributed by atoms with Crippen molar-refractivity contribution in [2.24, 2.45) is 0 Å². The largest absolute Gasteiger partial charge is 0.472 e. The summed E-state index contributed by atoms with van der Waals surface area (Å²) in [7, 11) is 1.45. The zero-order chi connectivity index (χ0) is 45.0. The summed E-state index contributed by atoms with van der Waals surface area (Å²) in [6, 6.07) is 0. The highest BCUT2D eigenvalue weighted by Gasteiger charge is 2.27. The molecular weight excluding hydrogens is 786 g/mol. The van der Waals surface area contributed by atoms with Crippen LogP contribution in [0.2, 0.25) is 0 Å². The third-order valence-corrected chi connectivity index (χ3v) is 11.3. The van der Waals surface area contributed by atoms with E-state index in [4.69, 9.17) is 18.5 Å². The molecule has 0 bridgehead atoms. The van der Waals surface area contributed by atoms with Gasteiger partial charge in [-0.05, 0) is 51.4 Å². The van der Waals surface area contributed by atoms with Crippen LogP contribution in [-0.2, 0) is 32.7 Å². The van der Waals surface area contributed by atoms with Gasteiger partial charge in [-0.15, -0.1) is 0 Å². The molecule has 9 nitrogen and oxygen atoms in total. The van der Waals surface area contributed by atoms with Gasteiger partial charge in [0.1, 0.15) is 19.8 Å². The van der Waals surface area contributed by atoms with Crippen LogP contribution in [0.25, 0.3) is 0 Å². The Kier molecular flexibility index (Phi) is 41.4. The monoisotopic (exact) mass is 879 g/mol. The number of rotatable bonds is 44. The molecule has 61 heavy (non-hydrogen) atoms. The molecule has 0 heterocycles. The summed E-state index contributed by atoms with van der Waals surface area (Å²) in [5.74, 6) is -0.863. The van der Waals surface area contributed by atoms with E-state index in [1.165, 1.54) is 109 Å². The summed E-state index contributed by atoms with van der Waals surface area (Å²) in [4.78, 5) is 35.5. The Balaban J connectivity index is 4.34. The highest BCUT2D eigenvalue weighted by Crippen LogP contribution is 2.43. The molecule has 0 saturated heterocycles. The minimum Gasteiger partial charge on any atom is -0.462 e. The van der Waals surface area contributed by atoms with Gasteiger partial charge in [0.05, 0.1) is 27.7 Å². The van der Waals surface area contributed by atoms with Crippen molar-refractivity contribution in [1.82, 2.24) is 0 Å². The number of esters is 2. The van der Waals surface area contributed by atoms with Crippen molar-refractivity contribution < 1.29 is 42.1 Å². The maximum absolute atomic E-state index is 12.7. The average molecular weight is 879 g/mol. The second-order valence-electron chi connectivity index (χ2n) is 17.5. The molecule has 2 atom stereocenters. The SMILES string of the molecule is CC/C=C/C/C=C/C/C=C/C/C=C/C/C=C/CCCC(=O)OC[C@H](COP(=O)(O)OCC[N+](C)(C)C)OC(=O)CCCCCCCCCCCCCCCCCCCCCC. The molecule has 354 valence electrons. The number of hydrogen-bond acceptors (Lipinski definition) is 7. The van der Waals surface area contributed by atoms with Gasteiger partial charge in [-0.25, -0.2) is 4.57 Å². The van der Waals surface area contributed by atoms with E-state index in [0.717, 1.165) is 51.4 Å². The van der Waals surface area contributed by atoms with Gasteiger partial charge in [0.2, 0.25) is 0 Å². The standard InChI is InChI=1S/C51H92NO8P/c1-6-8-10-12-14-16-18-20-22-24-25-26-28-30-32-34-36-38-40-42-44-51(54)60-49(48-59-61(55,56)58-46-45-52(3,4)5)47-57-50(53)43-41-39-37-35-33-31-29-27-23-21-19-17-15-13-11-9-7-2/h9,11,15,17,21,23,29,31,35,37,49H,6-8,10,12-14,16,18-20,22,24-28,30,32-34,36,38-48H2,1-5H3/p+1/b11-9+,17-15+,23-21+,31-29+,37-35+/t49-/m1/s1. The molecule has 0 aromatic heterocycles. The van der Waals surface area contributed by atoms with E-state index in [1.807, 2.05) is 21.1 Å². The molecule has 0 fully saturated rings. The topological polar surface area (TPSA) is 108 Å². The highest BCUT2D eigenvalue weighted by molar-refractivity contribution is 7.47. The first-order chi connectivity index (χ1) is 29.5. The van der Waals surface area contributed by atoms with E-state index < -0.39 is 32.5 Å². The van der Waals surface area contributed by atoms with Gasteiger partial charge >= 0.3 is 19.8 Å². The number of carbonyl (C=O) groups excluding carboxylic acids is 2. The fourth-order valence-electron chi connectivity index (χ4n) is 6.52. The number of phosphoric acid groups is 1. The smallest absolute Gasteiger partial charge is 0.462 e. The van der Waals surface area contributed by atoms with Crippen LogP contribution >= 0.6 is 7.82 Å². The Hall–Kier alpha value is -2.29. The van der Waals surface area contributed by atoms with Crippen LogP contribution in [0.4, 0.5) is 0 Å². The summed E-state index contributed by atoms with van der Waals surface area (Å²) in [6.45, 7) is 4.26. The van der Waals surface area contributed by atoms with Gasteiger partial charge in [-0.1, -0.05) is 197 Å². The second kappa shape index (κ2) is 43.0. The Morgan fingerprint density at radius 3 is 1.38 bits per heavy atom. The van der Waals surface area contributed by atoms with E-state index in [1.54, 1.807) is 0 Å². The molecule has 0 spiro atoms. The summed E-state index contributed by atoms with van der Waals surface area (Å²) >= 11 is 0. The van der Waals surface area contributed by atoms with Crippen LogP contribution in [0.1, 0.15) is 200 Å². The van der Waals surface area contributed by atoms with Crippen LogP contribution in [0.15, 0.2) is 60.8 Å². The first-order valence-electron chi connectivity index (χ1n) is 24.5. The molecule has 0 aromatic rings. The molecule has 1 unspecified atom stereocenters. The zero-order valence-corrected chi connectivity index (χ0v) is 40.8. The third-order valence-electron chi connectivity index (χ3n) is 10.3. The lowest BCUT2D eigenvalue weighted by Gasteiger charge is -2.24. The van der Waals surface area contributed by atoms with Crippen molar-refractivity contribution >= 4 is 19.8 Å². The van der Waals surface area contributed by atoms with Gasteiger partial charge in [-0.3, -0.25) is 18.6 Å². The lowest BCUT2D eigenvalue weighted by Crippen LogP contribution is -2.37. The average Bonchev–Trinajstić information content (AvgIpc) is 3.21. The van der Waals surface area contributed by atoms with Gasteiger partial charge in [0, 0.05) is 12.8 Å². The number of unbranched alkanes of at least 4 members (excludes halogenated alkanes) is 20. The number of allylic oxidation sites excluding steroid dienone is 10. The molecule has 10 heteroatoms. The van der Waals surface area contributed by atoms with Crippen molar-refractivity contribution in [2.75, 3.05) is 47.5 Å². The third kappa shape index (κ3) is 47.0. The summed E-state index contributed by atoms with van der Waals surface area (Å²) < 4.78 is 34.3. The van der Waals surface area contributed by atoms with Crippen LogP contribution in [0.5, 0.6) is 0 Å². The van der Waals surface area contributed by atoms with Crippen molar-refractivity contribution in [3.8, 4) is 0 Å². The molecule has 0 aliphatic heterocycles. The predicted octanol–water partition coefficient (Wildman–Crippen LogP) is 14.4. The maximum Gasteiger partial charge on any atom is 0.472 e. The number of quaternary nitrogens is 1. The molecule has 0 aliphatic rings. The number of hydrogen-bond donors (Lipinski definition) is 1. The van der Waals surface area contributed by atoms with Gasteiger partial charge in [0.25, 0.3) is 0 Å². The quantitative estimate of drug-likeness (QED) is 0.0212. The molecule has 0 aromatic carbocycles. The van der Waals surface area contributed by atoms with E-state index in [9.17, 15) is 19.0 Å². The number of nitrogens with zero attached hydrogens (tertiary/aromatic N) is 1. The van der Waals surface area contributed by atoms with Gasteiger partial charge in [-0.2, -0.15) is 0 Å². The molecule has 0 amide bonds. The summed E-state index contributed by atoms with van der Waals surface area (Å²) in [5, 5.41) is 0. The molecule has 0 rings (SSSR count). The van der Waals surface area contributed by atoms with E-state index in [0.29, 0.717) is 23.9 Å². The Morgan fingerprint density at radius 2 is 0.934 bits per heavy atom. The number of phosphoric ester groups is 1. The molecule has 0 aliphatic carbocycles. The highest BCUT2D eigenvalue weighted by atomic mass is 31.2. The van der Waals surface area contributed by atoms with Crippen LogP contribution < -0.4 is 0 Å². The lowest BCUT2D eigenvalue weighted by atomic mass is 10.0. The fraction of sp³-hybridized carbons (Fsp3) is 0.765. The van der Waals surface area contributed by atoms with Crippen LogP contribution in [0.3, 0.4) is 0 Å². The fourth-order valence-corrected chi connectivity index (χ4v) is 7.26. The van der Waals surface area contributed by atoms with Gasteiger partial charge in [0.15, 0.2) is 6.10 Å². The summed E-state index contributed by atoms with van der Waals surface area (Å²) in [6.07, 6.45) is 52.8. The van der Waals surface area contributed by atoms with E-state index in [2.05, 4.69) is 74.6 Å². The van der Waals surface area contributed by atoms with Gasteiger partial charge < -0.3 is 18.9 Å². The summed E-state index contributed by atoms with van der Waals surface area (Å²) in [5.41, 5.74) is 0. The zero-order valence-electron chi connectivity index (χ0n) is 39.9. The Labute approximate surface area is 375 Å². The lowest BCUT2D eigenvalue weighted by molar-refractivity contribution is -0.870. The minimum atomic E-state index is -4.39. The van der Waals surface area contributed by atoms with Crippen molar-refractivity contribution in [1.29, 1.82) is 0 Å². The number of ether oxygens (including phenoxy) is 2. The predicted molar refractivity (Wildman–Crippen MR) is 256 cm³/mol. The normalized spacial score (nSPS) is 14.0. The van der Waals surface area contributed by atoms with Crippen molar-refractivity contribution in [2.45, 2.75) is 206 Å². The maximum atomic E-state index is 12.7. The molecule has 1 N–H and O–H groups in total. The minimum absolute atomic E-state index is 0.0219. The molecule has 0 radical (unpaired) electrons. The Bertz CT molecular complexity index is 1220. The number of likely N-dealkylation sites (N-methyl/N-ethyl adjacent to an activating group) is 1. The first-order valence-corrected chi connectivity index (χ1v) is 26.0. The van der Waals surface area contributed by atoms with Crippen LogP contribution in [-0.4, -0.2) is 74.9 Å². The Morgan fingerprint density at radius 1 is 0.525 bits per heavy atom. The second-order valence-corrected chi connectivity index (χ2v) is 18.9. The number of carbonyl (C=O) groups is 2. The van der Waals surface area contributed by atoms with Crippen molar-refractivity contribution in [3.63, 3.8) is 0 Å². The van der Waals surface area contributed by atoms with E-state index in [-0.39, 0.29) is 26.1 Å². The first kappa shape index (κ1) is 58.7. The van der Waals surface area contributed by atoms with Crippen molar-refractivity contribution in [3.05, 3.63) is 60.8 Å².